The van der Waals surface area contributed by atoms with E-state index < -0.39 is 0 Å². The van der Waals surface area contributed by atoms with Crippen LogP contribution in [0.5, 0.6) is 23.0 Å². The predicted molar refractivity (Wildman–Crippen MR) is 586 cm³/mol. The monoisotopic (exact) mass is 1800 g/mol. The van der Waals surface area contributed by atoms with Gasteiger partial charge in [0.25, 0.3) is 0 Å². The third-order valence-electron chi connectivity index (χ3n) is 28.4. The van der Waals surface area contributed by atoms with E-state index >= 15 is 0 Å². The molecule has 0 N–H and O–H groups in total. The van der Waals surface area contributed by atoms with Gasteiger partial charge in [-0.15, -0.1) is 0 Å². The van der Waals surface area contributed by atoms with E-state index in [2.05, 4.69) is 487 Å². The van der Waals surface area contributed by atoms with Crippen molar-refractivity contribution in [1.29, 1.82) is 0 Å². The number of furan rings is 3. The van der Waals surface area contributed by atoms with Crippen molar-refractivity contribution in [2.75, 3.05) is 19.6 Å². The molecule has 2 aliphatic heterocycles. The Hall–Kier alpha value is -19.0. The molecule has 0 spiro atoms. The third kappa shape index (κ3) is 13.3. The Morgan fingerprint density at radius 2 is 0.426 bits per heavy atom. The zero-order valence-corrected chi connectivity index (χ0v) is 76.2. The zero-order valence-electron chi connectivity index (χ0n) is 76.2. The number of nitrogens with zero attached hydrogens (tertiary/aromatic N) is 4. The van der Waals surface area contributed by atoms with Crippen molar-refractivity contribution in [2.24, 2.45) is 0 Å². The molecule has 27 aromatic rings. The first-order valence-corrected chi connectivity index (χ1v) is 47.9. The SMILES string of the molecule is c1ccc(-c2ccccc2N(c2ccc(-c3ccc4c(c3)Oc3cccc5c3c-4cc3c4ccccc4c(N(c4ccccc4)c4cccc6c4oc4ccccc46)cc53)cc2)c2cccc3c2oc2ccccc23)cc1.c1ccc(N(c2ccccc2)c2ccc(-c3ccc4c(c3)Oc3cccc5c3c-4cc3c4ccccc4c(N(c4ccccc4)c4cccc6c4oc4ccccc46)cc53)cc2)cc1. The number of hydrogen-bond acceptors (Lipinski definition) is 9. The number of ether oxygens (including phenoxy) is 2. The van der Waals surface area contributed by atoms with Crippen LogP contribution in [0.2, 0.25) is 0 Å². The Morgan fingerprint density at radius 3 is 0.837 bits per heavy atom. The Bertz CT molecular complexity index is 9660. The molecule has 0 unspecified atom stereocenters. The van der Waals surface area contributed by atoms with Gasteiger partial charge in [0.2, 0.25) is 0 Å². The average Bonchev–Trinajstić information content (AvgIpc) is 1.19. The molecule has 0 saturated carbocycles. The zero-order chi connectivity index (χ0) is 92.7. The van der Waals surface area contributed by atoms with Gasteiger partial charge < -0.3 is 42.3 Å². The summed E-state index contributed by atoms with van der Waals surface area (Å²) in [6, 6.07) is 177. The van der Waals surface area contributed by atoms with Gasteiger partial charge in [0.1, 0.15) is 39.7 Å². The highest BCUT2D eigenvalue weighted by atomic mass is 16.5. The lowest BCUT2D eigenvalue weighted by Crippen LogP contribution is -2.11. The van der Waals surface area contributed by atoms with Crippen molar-refractivity contribution in [3.63, 3.8) is 0 Å². The second-order valence-corrected chi connectivity index (χ2v) is 36.3. The van der Waals surface area contributed by atoms with Crippen molar-refractivity contribution in [3.8, 4) is 78.6 Å². The summed E-state index contributed by atoms with van der Waals surface area (Å²) in [4.78, 5) is 9.35. The van der Waals surface area contributed by atoms with E-state index in [1.807, 2.05) is 30.3 Å². The molecule has 3 aromatic heterocycles. The Morgan fingerprint density at radius 1 is 0.135 bits per heavy atom. The molecular weight excluding hydrogens is 1720 g/mol. The van der Waals surface area contributed by atoms with Crippen LogP contribution in [-0.4, -0.2) is 0 Å². The van der Waals surface area contributed by atoms with Crippen LogP contribution in [-0.2, 0) is 0 Å². The highest BCUT2D eigenvalue weighted by Gasteiger charge is 2.32. The first-order chi connectivity index (χ1) is 69.9. The molecule has 0 atom stereocenters. The summed E-state index contributed by atoms with van der Waals surface area (Å²) in [7, 11) is 0. The fourth-order valence-corrected chi connectivity index (χ4v) is 22.1. The van der Waals surface area contributed by atoms with Crippen LogP contribution in [0, 0.1) is 0 Å². The highest BCUT2D eigenvalue weighted by molar-refractivity contribution is 6.29. The van der Waals surface area contributed by atoms with Crippen molar-refractivity contribution in [1.82, 2.24) is 0 Å². The lowest BCUT2D eigenvalue weighted by atomic mass is 9.87. The average molecular weight is 1800 g/mol. The lowest BCUT2D eigenvalue weighted by Gasteiger charge is -2.28. The van der Waals surface area contributed by atoms with Gasteiger partial charge in [-0.05, 0) is 258 Å². The largest absolute Gasteiger partial charge is 0.456 e. The predicted octanol–water partition coefficient (Wildman–Crippen LogP) is 38.4. The van der Waals surface area contributed by atoms with Gasteiger partial charge in [-0.1, -0.05) is 322 Å². The molecule has 141 heavy (non-hydrogen) atoms. The number of rotatable bonds is 15. The van der Waals surface area contributed by atoms with Gasteiger partial charge in [0.15, 0.2) is 16.7 Å². The molecule has 9 nitrogen and oxygen atoms in total. The van der Waals surface area contributed by atoms with Gasteiger partial charge in [-0.2, -0.15) is 0 Å². The van der Waals surface area contributed by atoms with E-state index in [4.69, 9.17) is 22.7 Å². The Balaban J connectivity index is 0.000000140. The Labute approximate surface area is 811 Å². The molecule has 0 bridgehead atoms. The normalized spacial score (nSPS) is 11.9. The minimum atomic E-state index is 0.830. The molecule has 9 heteroatoms. The summed E-state index contributed by atoms with van der Waals surface area (Å²) in [5.74, 6) is 3.38. The van der Waals surface area contributed by atoms with Crippen molar-refractivity contribution in [3.05, 3.63) is 497 Å². The van der Waals surface area contributed by atoms with Gasteiger partial charge in [0.05, 0.1) is 34.1 Å². The molecule has 0 fully saturated rings. The number of anilines is 12. The number of fused-ring (bicyclic) bond motifs is 21. The van der Waals surface area contributed by atoms with Crippen LogP contribution in [0.1, 0.15) is 0 Å². The van der Waals surface area contributed by atoms with Gasteiger partial charge >= 0.3 is 0 Å². The van der Waals surface area contributed by atoms with Crippen LogP contribution in [0.25, 0.3) is 186 Å². The molecule has 0 saturated heterocycles. The van der Waals surface area contributed by atoms with Gasteiger partial charge in [-0.3, -0.25) is 0 Å². The quantitative estimate of drug-likeness (QED) is 0.0934. The van der Waals surface area contributed by atoms with E-state index in [9.17, 15) is 0 Å². The third-order valence-corrected chi connectivity index (χ3v) is 28.4. The van der Waals surface area contributed by atoms with Crippen molar-refractivity contribution >= 4 is 199 Å². The molecule has 0 radical (unpaired) electrons. The lowest BCUT2D eigenvalue weighted by molar-refractivity contribution is 0.487. The van der Waals surface area contributed by atoms with Crippen LogP contribution in [0.15, 0.2) is 511 Å². The fraction of sp³-hybridized carbons (Fsp3) is 0. The van der Waals surface area contributed by atoms with Gasteiger partial charge in [0, 0.05) is 105 Å². The maximum Gasteiger partial charge on any atom is 0.159 e. The summed E-state index contributed by atoms with van der Waals surface area (Å²) in [5.41, 5.74) is 28.8. The Kier molecular flexibility index (Phi) is 18.8. The topological polar surface area (TPSA) is 70.8 Å². The van der Waals surface area contributed by atoms with E-state index in [1.165, 1.54) is 27.1 Å². The van der Waals surface area contributed by atoms with E-state index in [0.29, 0.717) is 0 Å². The molecule has 0 amide bonds. The minimum Gasteiger partial charge on any atom is -0.456 e. The molecule has 24 aromatic carbocycles. The minimum absolute atomic E-state index is 0.830. The summed E-state index contributed by atoms with van der Waals surface area (Å²) in [5, 5.41) is 20.4. The summed E-state index contributed by atoms with van der Waals surface area (Å²) in [6.45, 7) is 0. The van der Waals surface area contributed by atoms with Crippen LogP contribution in [0.3, 0.4) is 0 Å². The molecule has 0 aliphatic carbocycles. The maximum atomic E-state index is 7.00. The number of benzene rings is 24. The van der Waals surface area contributed by atoms with Gasteiger partial charge in [-0.25, -0.2) is 0 Å². The fourth-order valence-electron chi connectivity index (χ4n) is 22.1. The number of para-hydroxylation sites is 11. The van der Waals surface area contributed by atoms with E-state index in [1.54, 1.807) is 0 Å². The molecule has 29 rings (SSSR count). The second kappa shape index (κ2) is 33.0. The smallest absolute Gasteiger partial charge is 0.159 e. The first-order valence-electron chi connectivity index (χ1n) is 47.9. The van der Waals surface area contributed by atoms with Crippen LogP contribution >= 0.6 is 0 Å². The molecule has 5 heterocycles. The van der Waals surface area contributed by atoms with E-state index in [0.717, 1.165) is 250 Å². The standard InChI is InChI=1S/C72H44N2O3.C60H38N2O2/c1-3-18-46(19-4-1)50-22-9-12-30-62(50)73(63-31-15-28-57-53-25-10-13-33-66(53)76-71(57)63)49-39-36-45(37-40-49)47-38-41-55-61-43-59-51-23-7-8-24-52(51)65(44-60(59)56-27-17-35-68(70(56)61)75-69(55)42-47)74(48-20-5-2-6-21-48)64-32-16-29-58-54-26-11-14-34-67(54)77-72(58)64;1-4-16-41(17-5-1)61(42-18-6-2-7-19-42)44-33-30-39(31-34-44)40-32-35-48-53-37-51-45-22-10-11-23-46(45)55(38-52(51)49-25-15-29-57(59(49)53)63-58(48)36-40)62(43-20-8-3-9-21-43)54-27-14-26-50-47-24-12-13-28-56(47)64-60(50)54/h1-44H;1-38H. The summed E-state index contributed by atoms with van der Waals surface area (Å²) < 4.78 is 34.0. The molecular formula is C132H82N4O5. The van der Waals surface area contributed by atoms with Crippen LogP contribution in [0.4, 0.5) is 68.2 Å². The summed E-state index contributed by atoms with van der Waals surface area (Å²) >= 11 is 0. The van der Waals surface area contributed by atoms with E-state index in [-0.39, 0.29) is 0 Å². The number of hydrogen-bond donors (Lipinski definition) is 0. The van der Waals surface area contributed by atoms with Crippen LogP contribution < -0.4 is 29.1 Å². The summed E-state index contributed by atoms with van der Waals surface area (Å²) in [6.07, 6.45) is 0. The second-order valence-electron chi connectivity index (χ2n) is 36.3. The first kappa shape index (κ1) is 80.5. The van der Waals surface area contributed by atoms with Crippen molar-refractivity contribution in [2.45, 2.75) is 0 Å². The molecule has 660 valence electrons. The molecule has 2 aliphatic rings. The van der Waals surface area contributed by atoms with Crippen molar-refractivity contribution < 1.29 is 22.7 Å². The highest BCUT2D eigenvalue weighted by Crippen LogP contribution is 2.58. The maximum absolute atomic E-state index is 7.00.